The zero-order valence-corrected chi connectivity index (χ0v) is 31.7. The smallest absolute Gasteiger partial charge is 0.256 e. The van der Waals surface area contributed by atoms with Crippen LogP contribution in [-0.4, -0.2) is 49.5 Å². The van der Waals surface area contributed by atoms with Crippen LogP contribution in [0.15, 0.2) is 73.1 Å². The molecule has 0 aliphatic heterocycles. The van der Waals surface area contributed by atoms with E-state index in [1.54, 1.807) is 17.1 Å². The Morgan fingerprint density at radius 2 is 1.00 bits per heavy atom. The number of hydrogen-bond acceptors (Lipinski definition) is 5. The number of anilines is 1. The summed E-state index contributed by atoms with van der Waals surface area (Å²) < 4.78 is 3.51. The van der Waals surface area contributed by atoms with Crippen molar-refractivity contribution in [3.05, 3.63) is 89.3 Å². The first-order chi connectivity index (χ1) is 26.4. The molecule has 8 bridgehead atoms. The fraction of sp³-hybridized carbons (Fsp3) is 0.545. The molecule has 2 aromatic carbocycles. The van der Waals surface area contributed by atoms with Crippen LogP contribution >= 0.6 is 11.6 Å². The van der Waals surface area contributed by atoms with Gasteiger partial charge < -0.3 is 16.0 Å². The zero-order valence-electron chi connectivity index (χ0n) is 31.0. The Bertz CT molecular complexity index is 1930. The molecule has 54 heavy (non-hydrogen) atoms. The topological polar surface area (TPSA) is 106 Å². The van der Waals surface area contributed by atoms with Crippen LogP contribution in [0.5, 0.6) is 0 Å². The Morgan fingerprint density at radius 3 is 1.46 bits per heavy atom. The van der Waals surface area contributed by atoms with Crippen molar-refractivity contribution < 1.29 is 9.59 Å². The van der Waals surface area contributed by atoms with Crippen LogP contribution in [0.25, 0.3) is 11.4 Å². The number of nitrogens with zero attached hydrogens (tertiary/aromatic N) is 4. The number of carbonyl (C=O) groups excluding carboxylic acids is 2. The van der Waals surface area contributed by atoms with Gasteiger partial charge >= 0.3 is 0 Å². The Morgan fingerprint density at radius 1 is 0.574 bits per heavy atom. The highest BCUT2D eigenvalue weighted by Gasteiger charge is 2.50. The molecular weight excluding hydrogens is 694 g/mol. The number of carbonyl (C=O) groups is 2. The molecule has 0 radical (unpaired) electrons. The molecule has 2 amide bonds. The van der Waals surface area contributed by atoms with Gasteiger partial charge in [0.2, 0.25) is 0 Å². The summed E-state index contributed by atoms with van der Waals surface area (Å²) in [6, 6.07) is 20.9. The average molecular weight is 746 g/mol. The summed E-state index contributed by atoms with van der Waals surface area (Å²) in [6.45, 7) is 0. The van der Waals surface area contributed by atoms with Crippen molar-refractivity contribution in [1.82, 2.24) is 30.2 Å². The molecule has 3 N–H and O–H groups in total. The summed E-state index contributed by atoms with van der Waals surface area (Å²) in [7, 11) is 0. The number of para-hydroxylation sites is 2. The van der Waals surface area contributed by atoms with E-state index in [0.717, 1.165) is 53.7 Å². The lowest BCUT2D eigenvalue weighted by Crippen LogP contribution is -2.55. The standard InChI is InChI=1S/C24H30N4O.C20H22ClN3O/c29-24(27-22-17-10-15-9-16(12-17)13-18(22)11-15)21-14-25-28(20-7-2-1-3-8-20)23(21)26-19-5-4-6-19;21-19-17(11-22-24(19)16-4-2-1-3-5-16)20(25)23-18-14-7-12-6-13(9-14)10-15(18)8-12/h1-3,7-8,14-19,22,26H,4-6,9-13H2,(H,27,29);1-5,11-15,18H,6-10H2,(H,23,25). The van der Waals surface area contributed by atoms with Gasteiger partial charge in [0.05, 0.1) is 29.3 Å². The van der Waals surface area contributed by atoms with E-state index in [-0.39, 0.29) is 11.8 Å². The molecule has 13 rings (SSSR count). The van der Waals surface area contributed by atoms with Crippen LogP contribution < -0.4 is 16.0 Å². The van der Waals surface area contributed by atoms with E-state index in [1.807, 2.05) is 65.3 Å². The number of aromatic nitrogens is 4. The molecular formula is C44H52ClN7O2. The predicted molar refractivity (Wildman–Crippen MR) is 210 cm³/mol. The first-order valence-corrected chi connectivity index (χ1v) is 21.1. The van der Waals surface area contributed by atoms with Gasteiger partial charge in [-0.05, 0) is 155 Å². The summed E-state index contributed by atoms with van der Waals surface area (Å²) >= 11 is 6.46. The molecule has 9 aliphatic carbocycles. The minimum Gasteiger partial charge on any atom is -0.367 e. The Labute approximate surface area is 323 Å². The SMILES string of the molecule is O=C(NC1C2CC3CC(C2)CC1C3)c1cnn(-c2ccccc2)c1Cl.O=C(NC1C2CC3CC(C2)CC1C3)c1cnn(-c2ccccc2)c1NC1CCC1. The van der Waals surface area contributed by atoms with Gasteiger partial charge in [0, 0.05) is 18.1 Å². The predicted octanol–water partition coefficient (Wildman–Crippen LogP) is 8.47. The van der Waals surface area contributed by atoms with Crippen LogP contribution in [0.2, 0.25) is 5.15 Å². The molecule has 0 spiro atoms. The highest BCUT2D eigenvalue weighted by molar-refractivity contribution is 6.33. The van der Waals surface area contributed by atoms with Gasteiger partial charge in [-0.2, -0.15) is 10.2 Å². The molecule has 0 saturated heterocycles. The molecule has 4 aromatic rings. The van der Waals surface area contributed by atoms with E-state index >= 15 is 0 Å². The third kappa shape index (κ3) is 6.44. The number of amides is 2. The normalized spacial score (nSPS) is 32.8. The minimum atomic E-state index is -0.0790. The molecule has 9 saturated carbocycles. The maximum Gasteiger partial charge on any atom is 0.256 e. The molecule has 9 fully saturated rings. The molecule has 0 unspecified atom stereocenters. The van der Waals surface area contributed by atoms with Crippen molar-refractivity contribution in [3.8, 4) is 11.4 Å². The van der Waals surface area contributed by atoms with E-state index in [2.05, 4.69) is 26.1 Å². The van der Waals surface area contributed by atoms with Gasteiger partial charge in [0.25, 0.3) is 11.8 Å². The van der Waals surface area contributed by atoms with Gasteiger partial charge in [-0.3, -0.25) is 9.59 Å². The largest absolute Gasteiger partial charge is 0.367 e. The third-order valence-corrected chi connectivity index (χ3v) is 14.8. The Kier molecular flexibility index (Phi) is 9.04. The molecule has 10 heteroatoms. The van der Waals surface area contributed by atoms with Crippen molar-refractivity contribution >= 4 is 29.2 Å². The summed E-state index contributed by atoms with van der Waals surface area (Å²) in [5.74, 6) is 7.14. The van der Waals surface area contributed by atoms with Gasteiger partial charge in [-0.15, -0.1) is 0 Å². The first-order valence-electron chi connectivity index (χ1n) is 20.7. The molecule has 9 aliphatic rings. The van der Waals surface area contributed by atoms with E-state index in [4.69, 9.17) is 11.6 Å². The van der Waals surface area contributed by atoms with E-state index < -0.39 is 0 Å². The number of benzene rings is 2. The molecule has 2 aromatic heterocycles. The van der Waals surface area contributed by atoms with Crippen LogP contribution in [0.1, 0.15) is 104 Å². The fourth-order valence-electron chi connectivity index (χ4n) is 12.2. The van der Waals surface area contributed by atoms with E-state index in [9.17, 15) is 9.59 Å². The number of halogens is 1. The quantitative estimate of drug-likeness (QED) is 0.168. The highest BCUT2D eigenvalue weighted by atomic mass is 35.5. The monoisotopic (exact) mass is 745 g/mol. The minimum absolute atomic E-state index is 0.0477. The van der Waals surface area contributed by atoms with Crippen molar-refractivity contribution in [3.63, 3.8) is 0 Å². The number of rotatable bonds is 8. The third-order valence-electron chi connectivity index (χ3n) is 14.5. The molecule has 2 heterocycles. The van der Waals surface area contributed by atoms with Crippen LogP contribution in [-0.2, 0) is 0 Å². The summed E-state index contributed by atoms with van der Waals surface area (Å²) in [5.41, 5.74) is 3.01. The number of nitrogens with one attached hydrogen (secondary N) is 3. The van der Waals surface area contributed by atoms with Gasteiger partial charge in [0.1, 0.15) is 16.5 Å². The Hall–Kier alpha value is -4.11. The van der Waals surface area contributed by atoms with Crippen LogP contribution in [0.3, 0.4) is 0 Å². The van der Waals surface area contributed by atoms with Gasteiger partial charge in [0.15, 0.2) is 0 Å². The lowest BCUT2D eigenvalue weighted by atomic mass is 9.54. The van der Waals surface area contributed by atoms with E-state index in [0.29, 0.717) is 58.1 Å². The number of hydrogen-bond donors (Lipinski definition) is 3. The second-order valence-electron chi connectivity index (χ2n) is 17.9. The summed E-state index contributed by atoms with van der Waals surface area (Å²) in [4.78, 5) is 26.2. The highest BCUT2D eigenvalue weighted by Crippen LogP contribution is 2.55. The van der Waals surface area contributed by atoms with Crippen molar-refractivity contribution in [2.24, 2.45) is 47.3 Å². The second-order valence-corrected chi connectivity index (χ2v) is 18.2. The average Bonchev–Trinajstić information content (AvgIpc) is 3.77. The molecule has 282 valence electrons. The fourth-order valence-corrected chi connectivity index (χ4v) is 12.5. The van der Waals surface area contributed by atoms with Crippen LogP contribution in [0, 0.1) is 47.3 Å². The van der Waals surface area contributed by atoms with Crippen molar-refractivity contribution in [2.45, 2.75) is 102 Å². The van der Waals surface area contributed by atoms with Crippen molar-refractivity contribution in [2.75, 3.05) is 5.32 Å². The maximum atomic E-state index is 13.4. The Balaban J connectivity index is 0.000000135. The second kappa shape index (κ2) is 14.2. The molecule has 9 nitrogen and oxygen atoms in total. The van der Waals surface area contributed by atoms with Crippen LogP contribution in [0.4, 0.5) is 5.82 Å². The van der Waals surface area contributed by atoms with E-state index in [1.165, 1.54) is 70.6 Å². The maximum absolute atomic E-state index is 13.4. The van der Waals surface area contributed by atoms with Crippen molar-refractivity contribution in [1.29, 1.82) is 0 Å². The van der Waals surface area contributed by atoms with Gasteiger partial charge in [-0.25, -0.2) is 9.36 Å². The summed E-state index contributed by atoms with van der Waals surface area (Å²) in [6.07, 6.45) is 20.2. The lowest BCUT2D eigenvalue weighted by Gasteiger charge is -2.54. The zero-order chi connectivity index (χ0) is 36.3. The summed E-state index contributed by atoms with van der Waals surface area (Å²) in [5, 5.41) is 19.7. The molecule has 0 atom stereocenters. The lowest BCUT2D eigenvalue weighted by molar-refractivity contribution is -0.0119. The first kappa shape index (κ1) is 34.4. The van der Waals surface area contributed by atoms with Gasteiger partial charge in [-0.1, -0.05) is 48.0 Å².